The molecule has 1 fully saturated rings. The molecule has 3 heterocycles. The Kier molecular flexibility index (Phi) is 3.11. The number of hydrogen-bond acceptors (Lipinski definition) is 7. The van der Waals surface area contributed by atoms with E-state index >= 15 is 0 Å². The van der Waals surface area contributed by atoms with E-state index in [1.54, 1.807) is 18.5 Å². The highest BCUT2D eigenvalue weighted by atomic mass is 32.2. The van der Waals surface area contributed by atoms with Crippen LogP contribution >= 0.6 is 0 Å². The van der Waals surface area contributed by atoms with E-state index in [2.05, 4.69) is 20.1 Å². The third-order valence-corrected chi connectivity index (χ3v) is 4.07. The van der Waals surface area contributed by atoms with Crippen LogP contribution in [0, 0.1) is 0 Å². The minimum Gasteiger partial charge on any atom is -0.368 e. The molecule has 1 aliphatic rings. The second-order valence-corrected chi connectivity index (χ2v) is 5.78. The Balaban J connectivity index is 1.92. The van der Waals surface area contributed by atoms with Crippen LogP contribution in [0.3, 0.4) is 0 Å². The van der Waals surface area contributed by atoms with Crippen molar-refractivity contribution in [2.24, 2.45) is 0 Å². The van der Waals surface area contributed by atoms with E-state index in [9.17, 15) is 4.21 Å². The van der Waals surface area contributed by atoms with Gasteiger partial charge in [-0.25, -0.2) is 4.68 Å². The lowest BCUT2D eigenvalue weighted by Gasteiger charge is -2.26. The van der Waals surface area contributed by atoms with E-state index in [-0.39, 0.29) is 5.95 Å². The third kappa shape index (κ3) is 2.55. The maximum Gasteiger partial charge on any atom is 0.257 e. The first kappa shape index (κ1) is 12.0. The molecule has 19 heavy (non-hydrogen) atoms. The number of aromatic nitrogens is 5. The Morgan fingerprint density at radius 2 is 1.89 bits per heavy atom. The Morgan fingerprint density at radius 3 is 2.58 bits per heavy atom. The maximum atomic E-state index is 11.4. The van der Waals surface area contributed by atoms with Gasteiger partial charge in [0.2, 0.25) is 11.9 Å². The SMILES string of the molecule is Nc1nc(N2CCS(=O)CC2)nc(-n2cccn2)n1. The molecule has 1 saturated heterocycles. The van der Waals surface area contributed by atoms with Crippen molar-refractivity contribution in [1.82, 2.24) is 24.7 Å². The zero-order chi connectivity index (χ0) is 13.2. The molecule has 1 aliphatic heterocycles. The predicted molar refractivity (Wildman–Crippen MR) is 71.5 cm³/mol. The normalized spacial score (nSPS) is 16.7. The van der Waals surface area contributed by atoms with E-state index < -0.39 is 10.8 Å². The van der Waals surface area contributed by atoms with E-state index in [4.69, 9.17) is 5.73 Å². The van der Waals surface area contributed by atoms with Crippen LogP contribution in [0.25, 0.3) is 5.95 Å². The van der Waals surface area contributed by atoms with Crippen molar-refractivity contribution >= 4 is 22.7 Å². The molecule has 0 saturated carbocycles. The van der Waals surface area contributed by atoms with Gasteiger partial charge >= 0.3 is 0 Å². The summed E-state index contributed by atoms with van der Waals surface area (Å²) in [5, 5.41) is 4.07. The molecule has 0 aliphatic carbocycles. The lowest BCUT2D eigenvalue weighted by Crippen LogP contribution is -2.39. The molecule has 0 unspecified atom stereocenters. The summed E-state index contributed by atoms with van der Waals surface area (Å²) >= 11 is 0. The Hall–Kier alpha value is -2.03. The summed E-state index contributed by atoms with van der Waals surface area (Å²) in [5.74, 6) is 2.31. The minimum atomic E-state index is -0.737. The Morgan fingerprint density at radius 1 is 1.16 bits per heavy atom. The number of nitrogens with zero attached hydrogens (tertiary/aromatic N) is 6. The van der Waals surface area contributed by atoms with Crippen molar-refractivity contribution in [1.29, 1.82) is 0 Å². The van der Waals surface area contributed by atoms with E-state index in [1.807, 2.05) is 4.90 Å². The van der Waals surface area contributed by atoms with Gasteiger partial charge in [-0.1, -0.05) is 0 Å². The number of nitrogen functional groups attached to an aromatic ring is 1. The average Bonchev–Trinajstić information content (AvgIpc) is 2.93. The lowest BCUT2D eigenvalue weighted by molar-refractivity contribution is 0.670. The zero-order valence-corrected chi connectivity index (χ0v) is 11.0. The largest absolute Gasteiger partial charge is 0.368 e. The smallest absolute Gasteiger partial charge is 0.257 e. The van der Waals surface area contributed by atoms with Gasteiger partial charge in [-0.2, -0.15) is 20.1 Å². The summed E-state index contributed by atoms with van der Waals surface area (Å²) in [7, 11) is -0.737. The first-order valence-corrected chi connectivity index (χ1v) is 7.33. The molecule has 0 radical (unpaired) electrons. The summed E-state index contributed by atoms with van der Waals surface area (Å²) in [6.45, 7) is 1.32. The Labute approximate surface area is 112 Å². The molecular weight excluding hydrogens is 266 g/mol. The maximum absolute atomic E-state index is 11.4. The highest BCUT2D eigenvalue weighted by Gasteiger charge is 2.19. The van der Waals surface area contributed by atoms with Crippen LogP contribution in [0.2, 0.25) is 0 Å². The van der Waals surface area contributed by atoms with E-state index in [1.165, 1.54) is 4.68 Å². The molecule has 2 aromatic heterocycles. The summed E-state index contributed by atoms with van der Waals surface area (Å²) < 4.78 is 12.9. The van der Waals surface area contributed by atoms with Crippen LogP contribution in [0.15, 0.2) is 18.5 Å². The fraction of sp³-hybridized carbons (Fsp3) is 0.400. The zero-order valence-electron chi connectivity index (χ0n) is 10.1. The Bertz CT molecular complexity index is 590. The van der Waals surface area contributed by atoms with Crippen LogP contribution < -0.4 is 10.6 Å². The van der Waals surface area contributed by atoms with Crippen LogP contribution in [-0.4, -0.2) is 53.5 Å². The first-order valence-electron chi connectivity index (χ1n) is 5.84. The summed E-state index contributed by atoms with van der Waals surface area (Å²) in [5.41, 5.74) is 5.71. The summed E-state index contributed by atoms with van der Waals surface area (Å²) in [6, 6.07) is 1.78. The third-order valence-electron chi connectivity index (χ3n) is 2.80. The van der Waals surface area contributed by atoms with Crippen LogP contribution in [0.4, 0.5) is 11.9 Å². The van der Waals surface area contributed by atoms with Gasteiger partial charge in [0.05, 0.1) is 0 Å². The predicted octanol–water partition coefficient (Wildman–Crippen LogP) is -0.792. The van der Waals surface area contributed by atoms with Gasteiger partial charge in [0.1, 0.15) is 0 Å². The van der Waals surface area contributed by atoms with Crippen molar-refractivity contribution in [2.45, 2.75) is 0 Å². The first-order chi connectivity index (χ1) is 9.22. The van der Waals surface area contributed by atoms with Crippen molar-refractivity contribution < 1.29 is 4.21 Å². The second kappa shape index (κ2) is 4.92. The fourth-order valence-electron chi connectivity index (χ4n) is 1.84. The summed E-state index contributed by atoms with van der Waals surface area (Å²) in [6.07, 6.45) is 3.38. The molecule has 2 aromatic rings. The highest BCUT2D eigenvalue weighted by Crippen LogP contribution is 2.13. The van der Waals surface area contributed by atoms with Gasteiger partial charge in [0.25, 0.3) is 5.95 Å². The minimum absolute atomic E-state index is 0.155. The molecule has 2 N–H and O–H groups in total. The average molecular weight is 279 g/mol. The van der Waals surface area contributed by atoms with Crippen molar-refractivity contribution in [3.05, 3.63) is 18.5 Å². The highest BCUT2D eigenvalue weighted by molar-refractivity contribution is 7.85. The standard InChI is InChI=1S/C10H13N7OS/c11-8-13-9(16-4-6-19(18)7-5-16)15-10(14-8)17-3-1-2-12-17/h1-3H,4-7H2,(H2,11,13,14,15). The molecule has 0 amide bonds. The quantitative estimate of drug-likeness (QED) is 0.768. The molecule has 0 aromatic carbocycles. The monoisotopic (exact) mass is 279 g/mol. The molecule has 0 atom stereocenters. The van der Waals surface area contributed by atoms with Gasteiger partial charge in [-0.05, 0) is 6.07 Å². The van der Waals surface area contributed by atoms with Gasteiger partial charge in [-0.15, -0.1) is 0 Å². The number of rotatable bonds is 2. The topological polar surface area (TPSA) is 103 Å². The van der Waals surface area contributed by atoms with Crippen molar-refractivity contribution in [3.8, 4) is 5.95 Å². The second-order valence-electron chi connectivity index (χ2n) is 4.08. The summed E-state index contributed by atoms with van der Waals surface area (Å²) in [4.78, 5) is 14.5. The molecule has 0 spiro atoms. The van der Waals surface area contributed by atoms with Crippen molar-refractivity contribution in [3.63, 3.8) is 0 Å². The fourth-order valence-corrected chi connectivity index (χ4v) is 2.89. The molecule has 3 rings (SSSR count). The number of anilines is 2. The lowest BCUT2D eigenvalue weighted by atomic mass is 10.5. The van der Waals surface area contributed by atoms with Gasteiger partial charge in [0.15, 0.2) is 0 Å². The molecular formula is C10H13N7OS. The van der Waals surface area contributed by atoms with Crippen LogP contribution in [0.5, 0.6) is 0 Å². The van der Waals surface area contributed by atoms with Crippen molar-refractivity contribution in [2.75, 3.05) is 35.2 Å². The molecule has 100 valence electrons. The van der Waals surface area contributed by atoms with Gasteiger partial charge in [-0.3, -0.25) is 4.21 Å². The molecule has 0 bridgehead atoms. The van der Waals surface area contributed by atoms with E-state index in [0.29, 0.717) is 36.5 Å². The number of nitrogens with two attached hydrogens (primary N) is 1. The van der Waals surface area contributed by atoms with Crippen LogP contribution in [0.1, 0.15) is 0 Å². The van der Waals surface area contributed by atoms with Gasteiger partial charge < -0.3 is 10.6 Å². The van der Waals surface area contributed by atoms with Gasteiger partial charge in [0, 0.05) is 47.8 Å². The number of hydrogen-bond donors (Lipinski definition) is 1. The van der Waals surface area contributed by atoms with E-state index in [0.717, 1.165) is 0 Å². The van der Waals surface area contributed by atoms with Crippen LogP contribution in [-0.2, 0) is 10.8 Å². The molecule has 8 nitrogen and oxygen atoms in total. The molecule has 9 heteroatoms.